The first-order chi connectivity index (χ1) is 4.77. The summed E-state index contributed by atoms with van der Waals surface area (Å²) >= 11 is 0. The lowest BCUT2D eigenvalue weighted by molar-refractivity contribution is -0.128. The van der Waals surface area contributed by atoms with Gasteiger partial charge in [0.05, 0.1) is 6.10 Å². The summed E-state index contributed by atoms with van der Waals surface area (Å²) in [6.07, 6.45) is 2.19. The van der Waals surface area contributed by atoms with E-state index >= 15 is 0 Å². The maximum atomic E-state index is 11.0. The molecule has 2 heterocycles. The van der Waals surface area contributed by atoms with E-state index < -0.39 is 0 Å². The Labute approximate surface area is 59.6 Å². The molecule has 10 heavy (non-hydrogen) atoms. The van der Waals surface area contributed by atoms with Crippen LogP contribution in [0.15, 0.2) is 0 Å². The van der Waals surface area contributed by atoms with Gasteiger partial charge in [0, 0.05) is 19.0 Å². The number of carbonyl (C=O) groups is 1. The summed E-state index contributed by atoms with van der Waals surface area (Å²) in [5, 5.41) is 9.16. The zero-order valence-electron chi connectivity index (χ0n) is 5.79. The molecule has 0 spiro atoms. The zero-order chi connectivity index (χ0) is 7.14. The second kappa shape index (κ2) is 1.95. The highest BCUT2D eigenvalue weighted by Crippen LogP contribution is 2.28. The van der Waals surface area contributed by atoms with Crippen LogP contribution in [0.1, 0.15) is 19.3 Å². The molecule has 3 heteroatoms. The van der Waals surface area contributed by atoms with E-state index in [9.17, 15) is 4.79 Å². The second-order valence-electron chi connectivity index (χ2n) is 3.13. The number of nitrogens with zero attached hydrogens (tertiary/aromatic N) is 1. The van der Waals surface area contributed by atoms with Crippen molar-refractivity contribution >= 4 is 5.91 Å². The molecule has 2 aliphatic rings. The van der Waals surface area contributed by atoms with Gasteiger partial charge in [-0.05, 0) is 12.8 Å². The van der Waals surface area contributed by atoms with Gasteiger partial charge in [-0.25, -0.2) is 0 Å². The predicted molar refractivity (Wildman–Crippen MR) is 35.4 cm³/mol. The van der Waals surface area contributed by atoms with Crippen LogP contribution in [0.4, 0.5) is 0 Å². The summed E-state index contributed by atoms with van der Waals surface area (Å²) < 4.78 is 0. The molecule has 0 aromatic carbocycles. The number of rotatable bonds is 0. The molecule has 1 amide bonds. The molecule has 3 nitrogen and oxygen atoms in total. The van der Waals surface area contributed by atoms with Crippen LogP contribution < -0.4 is 0 Å². The van der Waals surface area contributed by atoms with Gasteiger partial charge in [-0.15, -0.1) is 0 Å². The Hall–Kier alpha value is -0.570. The van der Waals surface area contributed by atoms with Crippen molar-refractivity contribution < 1.29 is 9.90 Å². The smallest absolute Gasteiger partial charge is 0.222 e. The summed E-state index contributed by atoms with van der Waals surface area (Å²) in [4.78, 5) is 12.8. The molecule has 0 radical (unpaired) electrons. The molecule has 56 valence electrons. The first kappa shape index (κ1) is 6.16. The SMILES string of the molecule is O=C1CCC2C[C@H](O)CN12. The summed E-state index contributed by atoms with van der Waals surface area (Å²) in [6.45, 7) is 0.573. The highest BCUT2D eigenvalue weighted by atomic mass is 16.3. The van der Waals surface area contributed by atoms with E-state index in [2.05, 4.69) is 0 Å². The van der Waals surface area contributed by atoms with Gasteiger partial charge in [0.1, 0.15) is 0 Å². The standard InChI is InChI=1S/C7H11NO2/c9-6-3-5-1-2-7(10)8(5)4-6/h5-6,9H,1-4H2/t5?,6-/m0/s1. The molecule has 0 aliphatic carbocycles. The fourth-order valence-electron chi connectivity index (χ4n) is 1.90. The normalized spacial score (nSPS) is 38.9. The predicted octanol–water partition coefficient (Wildman–Crippen LogP) is -0.258. The highest BCUT2D eigenvalue weighted by molar-refractivity contribution is 5.79. The molecular weight excluding hydrogens is 130 g/mol. The minimum absolute atomic E-state index is 0.224. The van der Waals surface area contributed by atoms with Crippen LogP contribution in [-0.4, -0.2) is 34.6 Å². The lowest BCUT2D eigenvalue weighted by Gasteiger charge is -2.13. The van der Waals surface area contributed by atoms with E-state index in [4.69, 9.17) is 5.11 Å². The highest BCUT2D eigenvalue weighted by Gasteiger charge is 2.38. The molecule has 2 rings (SSSR count). The van der Waals surface area contributed by atoms with Crippen LogP contribution in [0.2, 0.25) is 0 Å². The molecule has 0 saturated carbocycles. The maximum absolute atomic E-state index is 11.0. The van der Waals surface area contributed by atoms with Gasteiger partial charge in [0.15, 0.2) is 0 Å². The molecule has 1 N–H and O–H groups in total. The summed E-state index contributed by atoms with van der Waals surface area (Å²) in [5.74, 6) is 0.224. The third-order valence-corrected chi connectivity index (χ3v) is 2.40. The molecule has 2 aliphatic heterocycles. The van der Waals surface area contributed by atoms with Gasteiger partial charge in [0.25, 0.3) is 0 Å². The number of hydrogen-bond acceptors (Lipinski definition) is 2. The van der Waals surface area contributed by atoms with Crippen molar-refractivity contribution in [2.45, 2.75) is 31.4 Å². The van der Waals surface area contributed by atoms with E-state index in [1.54, 1.807) is 0 Å². The van der Waals surface area contributed by atoms with Gasteiger partial charge < -0.3 is 10.0 Å². The first-order valence-electron chi connectivity index (χ1n) is 3.75. The lowest BCUT2D eigenvalue weighted by atomic mass is 10.1. The van der Waals surface area contributed by atoms with Crippen molar-refractivity contribution in [3.05, 3.63) is 0 Å². The largest absolute Gasteiger partial charge is 0.391 e. The Kier molecular flexibility index (Phi) is 1.20. The fourth-order valence-corrected chi connectivity index (χ4v) is 1.90. The van der Waals surface area contributed by atoms with Gasteiger partial charge >= 0.3 is 0 Å². The van der Waals surface area contributed by atoms with Gasteiger partial charge in [-0.2, -0.15) is 0 Å². The van der Waals surface area contributed by atoms with E-state index in [1.807, 2.05) is 4.90 Å². The molecule has 0 bridgehead atoms. The fraction of sp³-hybridized carbons (Fsp3) is 0.857. The van der Waals surface area contributed by atoms with E-state index in [1.165, 1.54) is 0 Å². The summed E-state index contributed by atoms with van der Waals surface area (Å²) in [7, 11) is 0. The van der Waals surface area contributed by atoms with Gasteiger partial charge in [-0.3, -0.25) is 4.79 Å². The second-order valence-corrected chi connectivity index (χ2v) is 3.13. The number of fused-ring (bicyclic) bond motifs is 1. The molecule has 0 aromatic rings. The third-order valence-electron chi connectivity index (χ3n) is 2.40. The Morgan fingerprint density at radius 2 is 2.40 bits per heavy atom. The van der Waals surface area contributed by atoms with Crippen LogP contribution in [0, 0.1) is 0 Å². The van der Waals surface area contributed by atoms with Crippen LogP contribution in [0.5, 0.6) is 0 Å². The number of hydrogen-bond donors (Lipinski definition) is 1. The van der Waals surface area contributed by atoms with E-state index in [0.717, 1.165) is 12.8 Å². The monoisotopic (exact) mass is 141 g/mol. The molecule has 2 atom stereocenters. The molecular formula is C7H11NO2. The Morgan fingerprint density at radius 1 is 1.60 bits per heavy atom. The zero-order valence-corrected chi connectivity index (χ0v) is 5.79. The van der Waals surface area contributed by atoms with Gasteiger partial charge in [-0.1, -0.05) is 0 Å². The van der Waals surface area contributed by atoms with Crippen LogP contribution >= 0.6 is 0 Å². The number of carbonyl (C=O) groups excluding carboxylic acids is 1. The van der Waals surface area contributed by atoms with Crippen LogP contribution in [0.3, 0.4) is 0 Å². The lowest BCUT2D eigenvalue weighted by Crippen LogP contribution is -2.27. The van der Waals surface area contributed by atoms with Crippen molar-refractivity contribution in [1.29, 1.82) is 0 Å². The minimum Gasteiger partial charge on any atom is -0.391 e. The molecule has 2 saturated heterocycles. The van der Waals surface area contributed by atoms with Crippen LogP contribution in [0.25, 0.3) is 0 Å². The Balaban J connectivity index is 2.12. The topological polar surface area (TPSA) is 40.5 Å². The Morgan fingerprint density at radius 3 is 3.10 bits per heavy atom. The van der Waals surface area contributed by atoms with Crippen molar-refractivity contribution in [3.63, 3.8) is 0 Å². The molecule has 2 fully saturated rings. The first-order valence-corrected chi connectivity index (χ1v) is 3.75. The van der Waals surface area contributed by atoms with E-state index in [-0.39, 0.29) is 12.0 Å². The van der Waals surface area contributed by atoms with Crippen molar-refractivity contribution in [2.75, 3.05) is 6.54 Å². The third kappa shape index (κ3) is 0.736. The van der Waals surface area contributed by atoms with Gasteiger partial charge in [0.2, 0.25) is 5.91 Å². The average molecular weight is 141 g/mol. The van der Waals surface area contributed by atoms with Crippen molar-refractivity contribution in [1.82, 2.24) is 4.90 Å². The maximum Gasteiger partial charge on any atom is 0.222 e. The quantitative estimate of drug-likeness (QED) is 0.505. The minimum atomic E-state index is -0.255. The van der Waals surface area contributed by atoms with Crippen LogP contribution in [-0.2, 0) is 4.79 Å². The average Bonchev–Trinajstić information content (AvgIpc) is 2.35. The molecule has 0 aromatic heterocycles. The number of aliphatic hydroxyl groups excluding tert-OH is 1. The summed E-state index contributed by atoms with van der Waals surface area (Å²) in [5.41, 5.74) is 0. The van der Waals surface area contributed by atoms with E-state index in [0.29, 0.717) is 19.0 Å². The van der Waals surface area contributed by atoms with Crippen molar-refractivity contribution in [3.8, 4) is 0 Å². The number of aliphatic hydroxyl groups is 1. The van der Waals surface area contributed by atoms with Crippen molar-refractivity contribution in [2.24, 2.45) is 0 Å². The Bertz CT molecular complexity index is 169. The summed E-state index contributed by atoms with van der Waals surface area (Å²) in [6, 6.07) is 0.363. The molecule has 1 unspecified atom stereocenters. The number of amides is 1.